The molecular weight excluding hydrogens is 300 g/mol. The molecule has 2 aromatic carbocycles. The maximum Gasteiger partial charge on any atom is 0.181 e. The Morgan fingerprint density at radius 3 is 2.75 bits per heavy atom. The van der Waals surface area contributed by atoms with E-state index in [1.807, 2.05) is 30.5 Å². The number of fused-ring (bicyclic) bond motifs is 1. The van der Waals surface area contributed by atoms with Gasteiger partial charge in [-0.1, -0.05) is 12.1 Å². The molecule has 24 heavy (non-hydrogen) atoms. The lowest BCUT2D eigenvalue weighted by molar-refractivity contribution is 0.353. The number of nitrogens with one attached hydrogen (secondary N) is 1. The van der Waals surface area contributed by atoms with Crippen molar-refractivity contribution in [3.63, 3.8) is 0 Å². The Labute approximate surface area is 140 Å². The molecule has 4 rings (SSSR count). The van der Waals surface area contributed by atoms with Gasteiger partial charge >= 0.3 is 0 Å². The van der Waals surface area contributed by atoms with Crippen LogP contribution in [-0.4, -0.2) is 23.1 Å². The molecule has 2 heterocycles. The Morgan fingerprint density at radius 2 is 1.96 bits per heavy atom. The predicted octanol–water partition coefficient (Wildman–Crippen LogP) is 3.73. The van der Waals surface area contributed by atoms with E-state index in [9.17, 15) is 0 Å². The van der Waals surface area contributed by atoms with Crippen molar-refractivity contribution in [2.24, 2.45) is 5.10 Å². The first-order valence-corrected chi connectivity index (χ1v) is 7.86. The van der Waals surface area contributed by atoms with Crippen molar-refractivity contribution in [3.8, 4) is 11.3 Å². The van der Waals surface area contributed by atoms with E-state index in [0.29, 0.717) is 0 Å². The molecule has 5 nitrogen and oxygen atoms in total. The lowest BCUT2D eigenvalue weighted by atomic mass is 10.1. The molecular formula is C19H18N4O. The van der Waals surface area contributed by atoms with E-state index in [2.05, 4.69) is 45.7 Å². The number of oxazole rings is 1. The van der Waals surface area contributed by atoms with Crippen LogP contribution in [-0.2, 0) is 13.1 Å². The van der Waals surface area contributed by atoms with Crippen molar-refractivity contribution in [3.05, 3.63) is 71.7 Å². The fraction of sp³-hybridized carbons (Fsp3) is 0.158. The molecule has 0 fully saturated rings. The van der Waals surface area contributed by atoms with Gasteiger partial charge in [-0.15, -0.1) is 0 Å². The number of aromatic nitrogens is 1. The van der Waals surface area contributed by atoms with Crippen LogP contribution in [0.2, 0.25) is 0 Å². The lowest BCUT2D eigenvalue weighted by Crippen LogP contribution is -2.07. The molecule has 0 saturated heterocycles. The number of nitrogens with zero attached hydrogens (tertiary/aromatic N) is 3. The summed E-state index contributed by atoms with van der Waals surface area (Å²) in [6.07, 6.45) is 4.98. The summed E-state index contributed by atoms with van der Waals surface area (Å²) in [7, 11) is 2.14. The van der Waals surface area contributed by atoms with Gasteiger partial charge in [0.1, 0.15) is 0 Å². The van der Waals surface area contributed by atoms with Crippen LogP contribution in [0.5, 0.6) is 0 Å². The van der Waals surface area contributed by atoms with Crippen LogP contribution in [0.3, 0.4) is 0 Å². The van der Waals surface area contributed by atoms with E-state index in [4.69, 9.17) is 4.42 Å². The molecule has 0 radical (unpaired) electrons. The van der Waals surface area contributed by atoms with E-state index >= 15 is 0 Å². The summed E-state index contributed by atoms with van der Waals surface area (Å²) >= 11 is 0. The van der Waals surface area contributed by atoms with Crippen molar-refractivity contribution in [2.45, 2.75) is 13.1 Å². The van der Waals surface area contributed by atoms with Gasteiger partial charge in [0.25, 0.3) is 0 Å². The van der Waals surface area contributed by atoms with Crippen molar-refractivity contribution in [1.29, 1.82) is 0 Å². The highest BCUT2D eigenvalue weighted by molar-refractivity contribution is 5.80. The number of anilines is 1. The zero-order chi connectivity index (χ0) is 16.4. The number of rotatable bonds is 4. The summed E-state index contributed by atoms with van der Waals surface area (Å²) in [6.45, 7) is 2.04. The Morgan fingerprint density at radius 1 is 1.12 bits per heavy atom. The zero-order valence-electron chi connectivity index (χ0n) is 13.4. The number of hydrogen-bond donors (Lipinski definition) is 1. The summed E-state index contributed by atoms with van der Waals surface area (Å²) in [5.74, 6) is 0.758. The molecule has 120 valence electrons. The second-order valence-electron chi connectivity index (χ2n) is 6.01. The molecule has 1 aliphatic heterocycles. The average molecular weight is 318 g/mol. The largest absolute Gasteiger partial charge is 0.444 e. The standard InChI is InChI=1S/C19H18N4O/c1-23-11-16-3-2-14(8-17(16)12-23)9-21-22-18-6-4-15(5-7-18)19-10-20-13-24-19/h2-10,13,22H,11-12H2,1H3/b21-9+. The van der Waals surface area contributed by atoms with Crippen LogP contribution in [0.15, 0.2) is 64.6 Å². The molecule has 1 N–H and O–H groups in total. The molecule has 0 amide bonds. The van der Waals surface area contributed by atoms with Crippen molar-refractivity contribution >= 4 is 11.9 Å². The number of hydrogen-bond acceptors (Lipinski definition) is 5. The van der Waals surface area contributed by atoms with Gasteiger partial charge in [-0.3, -0.25) is 10.3 Å². The minimum absolute atomic E-state index is 0.758. The normalized spacial score (nSPS) is 14.2. The van der Waals surface area contributed by atoms with Gasteiger partial charge in [-0.05, 0) is 54.1 Å². The molecule has 0 bridgehead atoms. The minimum Gasteiger partial charge on any atom is -0.444 e. The van der Waals surface area contributed by atoms with Gasteiger partial charge in [0.15, 0.2) is 12.2 Å². The average Bonchev–Trinajstić information content (AvgIpc) is 3.24. The Hall–Kier alpha value is -2.92. The van der Waals surface area contributed by atoms with Crippen molar-refractivity contribution in [2.75, 3.05) is 12.5 Å². The summed E-state index contributed by atoms with van der Waals surface area (Å²) in [4.78, 5) is 6.23. The molecule has 0 spiro atoms. The fourth-order valence-electron chi connectivity index (χ4n) is 2.91. The fourth-order valence-corrected chi connectivity index (χ4v) is 2.91. The first-order chi connectivity index (χ1) is 11.8. The molecule has 0 atom stereocenters. The van der Waals surface area contributed by atoms with Gasteiger partial charge in [0.05, 0.1) is 18.1 Å². The SMILES string of the molecule is CN1Cc2ccc(/C=N/Nc3ccc(-c4cnco4)cc3)cc2C1. The van der Waals surface area contributed by atoms with E-state index < -0.39 is 0 Å². The lowest BCUT2D eigenvalue weighted by Gasteiger charge is -2.03. The van der Waals surface area contributed by atoms with E-state index in [0.717, 1.165) is 35.7 Å². The van der Waals surface area contributed by atoms with Crippen LogP contribution in [0.1, 0.15) is 16.7 Å². The van der Waals surface area contributed by atoms with Crippen molar-refractivity contribution in [1.82, 2.24) is 9.88 Å². The Balaban J connectivity index is 1.41. The summed E-state index contributed by atoms with van der Waals surface area (Å²) < 4.78 is 5.28. The van der Waals surface area contributed by atoms with Gasteiger partial charge in [-0.2, -0.15) is 5.10 Å². The number of benzene rings is 2. The van der Waals surface area contributed by atoms with Crippen molar-refractivity contribution < 1.29 is 4.42 Å². The highest BCUT2D eigenvalue weighted by Crippen LogP contribution is 2.22. The summed E-state index contributed by atoms with van der Waals surface area (Å²) in [5, 5.41) is 4.32. The monoisotopic (exact) mass is 318 g/mol. The Kier molecular flexibility index (Phi) is 3.84. The third-order valence-electron chi connectivity index (χ3n) is 4.12. The maximum absolute atomic E-state index is 5.28. The molecule has 5 heteroatoms. The van der Waals surface area contributed by atoms with Gasteiger partial charge in [0, 0.05) is 18.7 Å². The van der Waals surface area contributed by atoms with Gasteiger partial charge in [-0.25, -0.2) is 4.98 Å². The second-order valence-corrected chi connectivity index (χ2v) is 6.01. The third kappa shape index (κ3) is 3.07. The van der Waals surface area contributed by atoms with Gasteiger partial charge < -0.3 is 4.42 Å². The third-order valence-corrected chi connectivity index (χ3v) is 4.12. The topological polar surface area (TPSA) is 53.7 Å². The molecule has 1 aromatic heterocycles. The Bertz CT molecular complexity index is 854. The van der Waals surface area contributed by atoms with Crippen LogP contribution < -0.4 is 5.43 Å². The maximum atomic E-state index is 5.28. The van der Waals surface area contributed by atoms with Crippen LogP contribution in [0.4, 0.5) is 5.69 Å². The molecule has 0 aliphatic carbocycles. The predicted molar refractivity (Wildman–Crippen MR) is 94.8 cm³/mol. The second kappa shape index (κ2) is 6.29. The van der Waals surface area contributed by atoms with E-state index in [1.165, 1.54) is 17.5 Å². The number of hydrazone groups is 1. The molecule has 0 unspecified atom stereocenters. The highest BCUT2D eigenvalue weighted by Gasteiger charge is 2.14. The van der Waals surface area contributed by atoms with E-state index in [-0.39, 0.29) is 0 Å². The molecule has 0 saturated carbocycles. The van der Waals surface area contributed by atoms with Gasteiger partial charge in [0.2, 0.25) is 0 Å². The highest BCUT2D eigenvalue weighted by atomic mass is 16.3. The minimum atomic E-state index is 0.758. The van der Waals surface area contributed by atoms with Crippen LogP contribution in [0, 0.1) is 0 Å². The summed E-state index contributed by atoms with van der Waals surface area (Å²) in [6, 6.07) is 14.4. The first kappa shape index (κ1) is 14.7. The quantitative estimate of drug-likeness (QED) is 0.588. The van der Waals surface area contributed by atoms with Crippen LogP contribution >= 0.6 is 0 Å². The van der Waals surface area contributed by atoms with E-state index in [1.54, 1.807) is 6.20 Å². The first-order valence-electron chi connectivity index (χ1n) is 7.86. The van der Waals surface area contributed by atoms with Crippen LogP contribution in [0.25, 0.3) is 11.3 Å². The smallest absolute Gasteiger partial charge is 0.181 e. The zero-order valence-corrected chi connectivity index (χ0v) is 13.4. The molecule has 3 aromatic rings. The molecule has 1 aliphatic rings. The summed E-state index contributed by atoms with van der Waals surface area (Å²) in [5.41, 5.74) is 8.87.